The third-order valence-corrected chi connectivity index (χ3v) is 5.82. The Hall–Kier alpha value is -1.85. The second kappa shape index (κ2) is 6.57. The quantitative estimate of drug-likeness (QED) is 0.884. The average Bonchev–Trinajstić information content (AvgIpc) is 3.19. The monoisotopic (exact) mass is 330 g/mol. The first-order valence-corrected chi connectivity index (χ1v) is 9.36. The van der Waals surface area contributed by atoms with Gasteiger partial charge in [-0.15, -0.1) is 0 Å². The van der Waals surface area contributed by atoms with Crippen LogP contribution >= 0.6 is 0 Å². The summed E-state index contributed by atoms with van der Waals surface area (Å²) < 4.78 is 2.00. The van der Waals surface area contributed by atoms with Gasteiger partial charge in [-0.1, -0.05) is 12.8 Å². The summed E-state index contributed by atoms with van der Waals surface area (Å²) >= 11 is 0. The summed E-state index contributed by atoms with van der Waals surface area (Å²) in [7, 11) is 0. The van der Waals surface area contributed by atoms with Gasteiger partial charge >= 0.3 is 0 Å². The van der Waals surface area contributed by atoms with Crippen LogP contribution in [-0.4, -0.2) is 33.4 Å². The number of carbonyl (C=O) groups excluding carboxylic acids is 2. The first kappa shape index (κ1) is 15.7. The van der Waals surface area contributed by atoms with Crippen LogP contribution in [0.3, 0.4) is 0 Å². The van der Waals surface area contributed by atoms with Gasteiger partial charge in [-0.3, -0.25) is 9.59 Å². The van der Waals surface area contributed by atoms with Crippen molar-refractivity contribution >= 4 is 11.8 Å². The van der Waals surface area contributed by atoms with Crippen molar-refractivity contribution in [3.63, 3.8) is 0 Å². The van der Waals surface area contributed by atoms with Crippen molar-refractivity contribution < 1.29 is 9.59 Å². The SMILES string of the molecule is O=C(NC1CCCC1)c1ncn2c1CCC(C(=O)NC1CCC1)C2. The molecule has 2 fully saturated rings. The van der Waals surface area contributed by atoms with Crippen molar-refractivity contribution in [2.45, 2.75) is 76.4 Å². The molecule has 0 radical (unpaired) electrons. The van der Waals surface area contributed by atoms with Gasteiger partial charge in [-0.25, -0.2) is 4.98 Å². The second-order valence-corrected chi connectivity index (χ2v) is 7.52. The molecule has 0 saturated heterocycles. The third kappa shape index (κ3) is 3.06. The number of hydrogen-bond acceptors (Lipinski definition) is 3. The highest BCUT2D eigenvalue weighted by Gasteiger charge is 2.31. The predicted octanol–water partition coefficient (Wildman–Crippen LogP) is 1.79. The van der Waals surface area contributed by atoms with E-state index in [1.54, 1.807) is 6.33 Å². The van der Waals surface area contributed by atoms with Crippen molar-refractivity contribution in [2.24, 2.45) is 5.92 Å². The first-order valence-electron chi connectivity index (χ1n) is 9.36. The molecule has 1 aliphatic heterocycles. The Labute approximate surface area is 142 Å². The van der Waals surface area contributed by atoms with Crippen LogP contribution in [0.5, 0.6) is 0 Å². The van der Waals surface area contributed by atoms with Gasteiger partial charge in [0.15, 0.2) is 0 Å². The van der Waals surface area contributed by atoms with Gasteiger partial charge in [0.25, 0.3) is 5.91 Å². The Morgan fingerprint density at radius 2 is 1.71 bits per heavy atom. The lowest BCUT2D eigenvalue weighted by molar-refractivity contribution is -0.127. The van der Waals surface area contributed by atoms with E-state index >= 15 is 0 Å². The average molecular weight is 330 g/mol. The molecule has 3 aliphatic rings. The number of imidazole rings is 1. The maximum atomic E-state index is 12.5. The summed E-state index contributed by atoms with van der Waals surface area (Å²) in [6, 6.07) is 0.689. The van der Waals surface area contributed by atoms with Gasteiger partial charge < -0.3 is 15.2 Å². The highest BCUT2D eigenvalue weighted by Crippen LogP contribution is 2.25. The number of amides is 2. The van der Waals surface area contributed by atoms with Gasteiger partial charge in [-0.2, -0.15) is 0 Å². The van der Waals surface area contributed by atoms with E-state index in [2.05, 4.69) is 15.6 Å². The van der Waals surface area contributed by atoms with E-state index in [-0.39, 0.29) is 17.7 Å². The lowest BCUT2D eigenvalue weighted by Crippen LogP contribution is -2.44. The van der Waals surface area contributed by atoms with Crippen LogP contribution in [0.15, 0.2) is 6.33 Å². The number of aromatic nitrogens is 2. The Bertz CT molecular complexity index is 629. The molecule has 130 valence electrons. The third-order valence-electron chi connectivity index (χ3n) is 5.82. The molecule has 6 heteroatoms. The summed E-state index contributed by atoms with van der Waals surface area (Å²) in [4.78, 5) is 29.2. The first-order chi connectivity index (χ1) is 11.7. The smallest absolute Gasteiger partial charge is 0.271 e. The molecule has 4 rings (SSSR count). The van der Waals surface area contributed by atoms with Crippen molar-refractivity contribution in [2.75, 3.05) is 0 Å². The largest absolute Gasteiger partial charge is 0.353 e. The molecule has 0 aromatic carbocycles. The number of nitrogens with zero attached hydrogens (tertiary/aromatic N) is 2. The lowest BCUT2D eigenvalue weighted by atomic mass is 9.91. The minimum atomic E-state index is -0.0481. The Kier molecular flexibility index (Phi) is 4.29. The molecule has 1 atom stereocenters. The molecular weight excluding hydrogens is 304 g/mol. The Balaban J connectivity index is 1.39. The number of rotatable bonds is 4. The lowest BCUT2D eigenvalue weighted by Gasteiger charge is -2.30. The zero-order chi connectivity index (χ0) is 16.5. The fraction of sp³-hybridized carbons (Fsp3) is 0.722. The van der Waals surface area contributed by atoms with E-state index in [1.807, 2.05) is 4.57 Å². The molecule has 0 bridgehead atoms. The number of nitrogens with one attached hydrogen (secondary N) is 2. The molecule has 2 saturated carbocycles. The van der Waals surface area contributed by atoms with Crippen molar-refractivity contribution in [1.29, 1.82) is 0 Å². The fourth-order valence-electron chi connectivity index (χ4n) is 4.07. The van der Waals surface area contributed by atoms with E-state index in [9.17, 15) is 9.59 Å². The Morgan fingerprint density at radius 1 is 1.00 bits per heavy atom. The van der Waals surface area contributed by atoms with Crippen molar-refractivity contribution in [3.8, 4) is 0 Å². The molecular formula is C18H26N4O2. The molecule has 24 heavy (non-hydrogen) atoms. The van der Waals surface area contributed by atoms with Crippen LogP contribution in [0.4, 0.5) is 0 Å². The van der Waals surface area contributed by atoms with Crippen molar-refractivity contribution in [1.82, 2.24) is 20.2 Å². The molecule has 2 N–H and O–H groups in total. The number of fused-ring (bicyclic) bond motifs is 1. The number of carbonyl (C=O) groups is 2. The molecule has 6 nitrogen and oxygen atoms in total. The normalized spacial score (nSPS) is 24.2. The minimum absolute atomic E-state index is 0.00181. The van der Waals surface area contributed by atoms with E-state index < -0.39 is 0 Å². The molecule has 1 unspecified atom stereocenters. The maximum absolute atomic E-state index is 12.5. The van der Waals surface area contributed by atoms with Crippen LogP contribution < -0.4 is 10.6 Å². The van der Waals surface area contributed by atoms with Crippen LogP contribution in [0.2, 0.25) is 0 Å². The molecule has 1 aromatic heterocycles. The van der Waals surface area contributed by atoms with E-state index in [4.69, 9.17) is 0 Å². The van der Waals surface area contributed by atoms with Crippen molar-refractivity contribution in [3.05, 3.63) is 17.7 Å². The topological polar surface area (TPSA) is 76.0 Å². The van der Waals surface area contributed by atoms with E-state index in [0.717, 1.165) is 44.2 Å². The summed E-state index contributed by atoms with van der Waals surface area (Å²) in [5.74, 6) is 0.113. The molecule has 1 aromatic rings. The van der Waals surface area contributed by atoms with Gasteiger partial charge in [0.05, 0.1) is 17.9 Å². The number of hydrogen-bond donors (Lipinski definition) is 2. The summed E-state index contributed by atoms with van der Waals surface area (Å²) in [5, 5.41) is 6.26. The van der Waals surface area contributed by atoms with Gasteiger partial charge in [-0.05, 0) is 44.9 Å². The molecule has 2 amide bonds. The summed E-state index contributed by atoms with van der Waals surface area (Å²) in [5.41, 5.74) is 1.54. The highest BCUT2D eigenvalue weighted by molar-refractivity contribution is 5.93. The summed E-state index contributed by atoms with van der Waals surface area (Å²) in [6.07, 6.45) is 11.3. The highest BCUT2D eigenvalue weighted by atomic mass is 16.2. The zero-order valence-corrected chi connectivity index (χ0v) is 14.1. The van der Waals surface area contributed by atoms with E-state index in [1.165, 1.54) is 19.3 Å². The molecule has 2 aliphatic carbocycles. The maximum Gasteiger partial charge on any atom is 0.271 e. The van der Waals surface area contributed by atoms with Crippen LogP contribution in [0.25, 0.3) is 0 Å². The Morgan fingerprint density at radius 3 is 2.42 bits per heavy atom. The molecule has 0 spiro atoms. The van der Waals surface area contributed by atoms with Gasteiger partial charge in [0, 0.05) is 18.6 Å². The predicted molar refractivity (Wildman–Crippen MR) is 89.5 cm³/mol. The van der Waals surface area contributed by atoms with Gasteiger partial charge in [0.1, 0.15) is 5.69 Å². The molecule has 2 heterocycles. The standard InChI is InChI=1S/C18H26N4O2/c23-17(20-14-6-3-7-14)12-8-9-15-16(19-11-22(15)10-12)18(24)21-13-4-1-2-5-13/h11-14H,1-10H2,(H,20,23)(H,21,24). The second-order valence-electron chi connectivity index (χ2n) is 7.52. The van der Waals surface area contributed by atoms with Crippen LogP contribution in [0, 0.1) is 5.92 Å². The van der Waals surface area contributed by atoms with Gasteiger partial charge in [0.2, 0.25) is 5.91 Å². The zero-order valence-electron chi connectivity index (χ0n) is 14.1. The summed E-state index contributed by atoms with van der Waals surface area (Å²) in [6.45, 7) is 0.637. The van der Waals surface area contributed by atoms with Crippen LogP contribution in [0.1, 0.15) is 67.5 Å². The minimum Gasteiger partial charge on any atom is -0.353 e. The van der Waals surface area contributed by atoms with E-state index in [0.29, 0.717) is 24.3 Å². The van der Waals surface area contributed by atoms with Crippen LogP contribution in [-0.2, 0) is 17.8 Å². The fourth-order valence-corrected chi connectivity index (χ4v) is 4.07.